The molecule has 1 aromatic carbocycles. The molecule has 0 radical (unpaired) electrons. The monoisotopic (exact) mass is 343 g/mol. The molecule has 8 heteroatoms. The van der Waals surface area contributed by atoms with Gasteiger partial charge in [0.1, 0.15) is 5.69 Å². The number of nitrogens with one attached hydrogen (secondary N) is 1. The Morgan fingerprint density at radius 2 is 2.20 bits per heavy atom. The summed E-state index contributed by atoms with van der Waals surface area (Å²) in [7, 11) is 0. The Kier molecular flexibility index (Phi) is 5.27. The fourth-order valence-electron chi connectivity index (χ4n) is 3.14. The van der Waals surface area contributed by atoms with E-state index in [-0.39, 0.29) is 17.6 Å². The Balaban J connectivity index is 1.52. The molecular formula is C17H21N5O3. The normalized spacial score (nSPS) is 17.3. The van der Waals surface area contributed by atoms with E-state index < -0.39 is 4.92 Å². The van der Waals surface area contributed by atoms with E-state index in [0.29, 0.717) is 25.2 Å². The van der Waals surface area contributed by atoms with Crippen molar-refractivity contribution in [3.63, 3.8) is 0 Å². The van der Waals surface area contributed by atoms with E-state index in [2.05, 4.69) is 10.4 Å². The Hall–Kier alpha value is -2.90. The molecule has 2 aromatic rings. The van der Waals surface area contributed by atoms with Crippen LogP contribution >= 0.6 is 0 Å². The lowest BCUT2D eigenvalue weighted by Crippen LogP contribution is -2.41. The molecule has 0 saturated carbocycles. The van der Waals surface area contributed by atoms with Crippen LogP contribution < -0.4 is 5.32 Å². The van der Waals surface area contributed by atoms with Gasteiger partial charge in [0, 0.05) is 44.5 Å². The highest BCUT2D eigenvalue weighted by Gasteiger charge is 2.24. The zero-order valence-corrected chi connectivity index (χ0v) is 13.9. The molecule has 1 aliphatic heterocycles. The first-order chi connectivity index (χ1) is 12.1. The van der Waals surface area contributed by atoms with E-state index in [4.69, 9.17) is 0 Å². The lowest BCUT2D eigenvalue weighted by Gasteiger charge is -2.33. The van der Waals surface area contributed by atoms with Crippen LogP contribution in [0.2, 0.25) is 0 Å². The van der Waals surface area contributed by atoms with Gasteiger partial charge in [-0.1, -0.05) is 12.1 Å². The van der Waals surface area contributed by atoms with Gasteiger partial charge in [0.2, 0.25) is 5.91 Å². The van der Waals surface area contributed by atoms with Crippen molar-refractivity contribution in [3.8, 4) is 0 Å². The van der Waals surface area contributed by atoms with Crippen LogP contribution in [0.3, 0.4) is 0 Å². The lowest BCUT2D eigenvalue weighted by atomic mass is 10.1. The fraction of sp³-hybridized carbons (Fsp3) is 0.412. The first-order valence-corrected chi connectivity index (χ1v) is 8.39. The molecular weight excluding hydrogens is 322 g/mol. The van der Waals surface area contributed by atoms with Crippen molar-refractivity contribution >= 4 is 17.3 Å². The molecule has 1 aliphatic rings. The van der Waals surface area contributed by atoms with Gasteiger partial charge in [0.15, 0.2) is 0 Å². The Morgan fingerprint density at radius 3 is 2.96 bits per heavy atom. The molecule has 0 aliphatic carbocycles. The van der Waals surface area contributed by atoms with Gasteiger partial charge in [-0.25, -0.2) is 0 Å². The number of anilines is 1. The summed E-state index contributed by atoms with van der Waals surface area (Å²) in [5, 5.41) is 18.3. The number of para-hydroxylation sites is 2. The number of amides is 1. The van der Waals surface area contributed by atoms with Crippen LogP contribution in [0.5, 0.6) is 0 Å². The van der Waals surface area contributed by atoms with Crippen LogP contribution in [0.4, 0.5) is 11.4 Å². The van der Waals surface area contributed by atoms with Crippen molar-refractivity contribution < 1.29 is 9.72 Å². The van der Waals surface area contributed by atoms with Crippen LogP contribution in [0.25, 0.3) is 0 Å². The van der Waals surface area contributed by atoms with Crippen molar-refractivity contribution in [2.24, 2.45) is 0 Å². The summed E-state index contributed by atoms with van der Waals surface area (Å²) >= 11 is 0. The minimum absolute atomic E-state index is 0.0201. The SMILES string of the molecule is O=C(CCNc1ccccc1[N+](=O)[O-])N1CCCC(n2cccn2)C1. The lowest BCUT2D eigenvalue weighted by molar-refractivity contribution is -0.384. The third-order valence-corrected chi connectivity index (χ3v) is 4.40. The molecule has 1 N–H and O–H groups in total. The molecule has 1 atom stereocenters. The number of aromatic nitrogens is 2. The summed E-state index contributed by atoms with van der Waals surface area (Å²) in [6.45, 7) is 1.78. The van der Waals surface area contributed by atoms with Crippen LogP contribution in [-0.4, -0.2) is 45.1 Å². The number of nitro groups is 1. The Labute approximate surface area is 145 Å². The topological polar surface area (TPSA) is 93.3 Å². The van der Waals surface area contributed by atoms with Crippen LogP contribution in [0.15, 0.2) is 42.7 Å². The molecule has 0 bridgehead atoms. The maximum Gasteiger partial charge on any atom is 0.292 e. The number of rotatable bonds is 6. The molecule has 1 amide bonds. The van der Waals surface area contributed by atoms with Crippen LogP contribution in [0.1, 0.15) is 25.3 Å². The molecule has 1 fully saturated rings. The first-order valence-electron chi connectivity index (χ1n) is 8.39. The van der Waals surface area contributed by atoms with E-state index in [1.54, 1.807) is 24.4 Å². The van der Waals surface area contributed by atoms with Gasteiger partial charge in [0.05, 0.1) is 11.0 Å². The molecule has 0 spiro atoms. The van der Waals surface area contributed by atoms with Gasteiger partial charge in [-0.2, -0.15) is 5.10 Å². The zero-order chi connectivity index (χ0) is 17.6. The predicted octanol–water partition coefficient (Wildman–Crippen LogP) is 2.46. The number of benzene rings is 1. The highest BCUT2D eigenvalue weighted by molar-refractivity contribution is 5.77. The van der Waals surface area contributed by atoms with Crippen LogP contribution in [0, 0.1) is 10.1 Å². The number of likely N-dealkylation sites (tertiary alicyclic amines) is 1. The van der Waals surface area contributed by atoms with E-state index in [9.17, 15) is 14.9 Å². The minimum atomic E-state index is -0.427. The third-order valence-electron chi connectivity index (χ3n) is 4.40. The highest BCUT2D eigenvalue weighted by atomic mass is 16.6. The second-order valence-corrected chi connectivity index (χ2v) is 6.07. The number of hydrogen-bond donors (Lipinski definition) is 1. The Bertz CT molecular complexity index is 732. The van der Waals surface area contributed by atoms with E-state index in [0.717, 1.165) is 19.4 Å². The second kappa shape index (κ2) is 7.78. The van der Waals surface area contributed by atoms with E-state index in [1.807, 2.05) is 21.8 Å². The van der Waals surface area contributed by atoms with Crippen LogP contribution in [-0.2, 0) is 4.79 Å². The number of nitrogens with zero attached hydrogens (tertiary/aromatic N) is 4. The van der Waals surface area contributed by atoms with Crippen molar-refractivity contribution in [3.05, 3.63) is 52.8 Å². The number of carbonyl (C=O) groups is 1. The summed E-state index contributed by atoms with van der Waals surface area (Å²) in [4.78, 5) is 24.9. The highest BCUT2D eigenvalue weighted by Crippen LogP contribution is 2.24. The maximum atomic E-state index is 12.4. The largest absolute Gasteiger partial charge is 0.379 e. The van der Waals surface area contributed by atoms with Gasteiger partial charge in [0.25, 0.3) is 5.69 Å². The van der Waals surface area contributed by atoms with Crippen molar-refractivity contribution in [2.45, 2.75) is 25.3 Å². The quantitative estimate of drug-likeness (QED) is 0.642. The molecule has 1 unspecified atom stereocenters. The molecule has 8 nitrogen and oxygen atoms in total. The number of nitro benzene ring substituents is 1. The molecule has 132 valence electrons. The number of piperidine rings is 1. The summed E-state index contributed by atoms with van der Waals surface area (Å²) in [5.74, 6) is 0.0583. The first kappa shape index (κ1) is 16.9. The molecule has 25 heavy (non-hydrogen) atoms. The summed E-state index contributed by atoms with van der Waals surface area (Å²) in [6, 6.07) is 8.56. The fourth-order valence-corrected chi connectivity index (χ4v) is 3.14. The standard InChI is InChI=1S/C17H21N5O3/c23-17(8-10-18-15-6-1-2-7-16(15)22(24)25)20-11-3-5-14(13-20)21-12-4-9-19-21/h1-2,4,6-7,9,12,14,18H,3,5,8,10-11,13H2. The maximum absolute atomic E-state index is 12.4. The zero-order valence-electron chi connectivity index (χ0n) is 13.9. The Morgan fingerprint density at radius 1 is 1.36 bits per heavy atom. The average Bonchev–Trinajstić information content (AvgIpc) is 3.17. The summed E-state index contributed by atoms with van der Waals surface area (Å²) in [5.41, 5.74) is 0.458. The average molecular weight is 343 g/mol. The number of carbonyl (C=O) groups excluding carboxylic acids is 1. The van der Waals surface area contributed by atoms with Crippen molar-refractivity contribution in [1.82, 2.24) is 14.7 Å². The molecule has 3 rings (SSSR count). The number of hydrogen-bond acceptors (Lipinski definition) is 5. The molecule has 1 aromatic heterocycles. The van der Waals surface area contributed by atoms with Gasteiger partial charge in [-0.05, 0) is 25.0 Å². The minimum Gasteiger partial charge on any atom is -0.379 e. The second-order valence-electron chi connectivity index (χ2n) is 6.07. The van der Waals surface area contributed by atoms with Crippen molar-refractivity contribution in [1.29, 1.82) is 0 Å². The van der Waals surface area contributed by atoms with Crippen molar-refractivity contribution in [2.75, 3.05) is 25.0 Å². The smallest absolute Gasteiger partial charge is 0.292 e. The van der Waals surface area contributed by atoms with Gasteiger partial charge >= 0.3 is 0 Å². The van der Waals surface area contributed by atoms with Gasteiger partial charge in [-0.3, -0.25) is 19.6 Å². The molecule has 1 saturated heterocycles. The van der Waals surface area contributed by atoms with Gasteiger partial charge < -0.3 is 10.2 Å². The summed E-state index contributed by atoms with van der Waals surface area (Å²) in [6.07, 6.45) is 5.94. The third kappa shape index (κ3) is 4.14. The predicted molar refractivity (Wildman–Crippen MR) is 93.3 cm³/mol. The van der Waals surface area contributed by atoms with E-state index >= 15 is 0 Å². The van der Waals surface area contributed by atoms with E-state index in [1.165, 1.54) is 6.07 Å². The van der Waals surface area contributed by atoms with Gasteiger partial charge in [-0.15, -0.1) is 0 Å². The molecule has 2 heterocycles. The summed E-state index contributed by atoms with van der Waals surface area (Å²) < 4.78 is 1.91.